The minimum atomic E-state index is -0.510. The monoisotopic (exact) mass is 241 g/mol. The van der Waals surface area contributed by atoms with Gasteiger partial charge < -0.3 is 14.9 Å². The molecule has 1 aromatic heterocycles. The second-order valence-electron chi connectivity index (χ2n) is 4.35. The van der Waals surface area contributed by atoms with Gasteiger partial charge in [-0.15, -0.1) is 0 Å². The molecule has 0 saturated carbocycles. The van der Waals surface area contributed by atoms with E-state index in [1.54, 1.807) is 6.92 Å². The fourth-order valence-electron chi connectivity index (χ4n) is 1.20. The van der Waals surface area contributed by atoms with E-state index in [-0.39, 0.29) is 24.8 Å². The first-order chi connectivity index (χ1) is 7.99. The van der Waals surface area contributed by atoms with Gasteiger partial charge in [0.1, 0.15) is 0 Å². The number of aromatic nitrogens is 2. The molecular formula is C11H19N3O3. The van der Waals surface area contributed by atoms with E-state index in [2.05, 4.69) is 15.5 Å². The highest BCUT2D eigenvalue weighted by molar-refractivity contribution is 5.76. The first kappa shape index (κ1) is 13.6. The Hall–Kier alpha value is -1.43. The molecule has 0 saturated heterocycles. The van der Waals surface area contributed by atoms with E-state index in [1.165, 1.54) is 0 Å². The van der Waals surface area contributed by atoms with Crippen molar-refractivity contribution >= 4 is 5.91 Å². The Kier molecular flexibility index (Phi) is 5.09. The fraction of sp³-hybridized carbons (Fsp3) is 0.727. The van der Waals surface area contributed by atoms with Gasteiger partial charge in [-0.05, 0) is 12.8 Å². The molecule has 0 fully saturated rings. The van der Waals surface area contributed by atoms with Crippen LogP contribution in [0.15, 0.2) is 4.52 Å². The van der Waals surface area contributed by atoms with E-state index >= 15 is 0 Å². The van der Waals surface area contributed by atoms with E-state index in [1.807, 2.05) is 13.8 Å². The topological polar surface area (TPSA) is 88.2 Å². The summed E-state index contributed by atoms with van der Waals surface area (Å²) < 4.78 is 4.89. The lowest BCUT2D eigenvalue weighted by Crippen LogP contribution is -2.34. The van der Waals surface area contributed by atoms with Crippen molar-refractivity contribution in [1.29, 1.82) is 0 Å². The second kappa shape index (κ2) is 6.34. The Bertz CT molecular complexity index is 363. The average molecular weight is 241 g/mol. The predicted octanol–water partition coefficient (Wildman–Crippen LogP) is 0.444. The molecule has 0 aliphatic heterocycles. The van der Waals surface area contributed by atoms with Gasteiger partial charge in [0.15, 0.2) is 5.82 Å². The average Bonchev–Trinajstić information content (AvgIpc) is 2.69. The SMILES string of the molecule is Cc1noc(CCC(=O)NCC(O)C(C)C)n1. The van der Waals surface area contributed by atoms with Crippen molar-refractivity contribution < 1.29 is 14.4 Å². The largest absolute Gasteiger partial charge is 0.391 e. The molecular weight excluding hydrogens is 222 g/mol. The zero-order chi connectivity index (χ0) is 12.8. The predicted molar refractivity (Wildman–Crippen MR) is 61.2 cm³/mol. The summed E-state index contributed by atoms with van der Waals surface area (Å²) in [6.45, 7) is 5.81. The zero-order valence-corrected chi connectivity index (χ0v) is 10.4. The number of carbonyl (C=O) groups excluding carboxylic acids is 1. The molecule has 0 radical (unpaired) electrons. The molecule has 1 aromatic rings. The Balaban J connectivity index is 2.22. The van der Waals surface area contributed by atoms with Crippen molar-refractivity contribution in [1.82, 2.24) is 15.5 Å². The highest BCUT2D eigenvalue weighted by Gasteiger charge is 2.11. The van der Waals surface area contributed by atoms with Gasteiger partial charge in [-0.1, -0.05) is 19.0 Å². The highest BCUT2D eigenvalue weighted by atomic mass is 16.5. The Morgan fingerprint density at radius 1 is 1.53 bits per heavy atom. The normalized spacial score (nSPS) is 12.8. The van der Waals surface area contributed by atoms with Crippen LogP contribution in [0.1, 0.15) is 32.0 Å². The highest BCUT2D eigenvalue weighted by Crippen LogP contribution is 2.01. The standard InChI is InChI=1S/C11H19N3O3/c1-7(2)9(15)6-12-10(16)4-5-11-13-8(3)14-17-11/h7,9,15H,4-6H2,1-3H3,(H,12,16). The molecule has 0 aliphatic carbocycles. The van der Waals surface area contributed by atoms with Crippen molar-refractivity contribution in [2.75, 3.05) is 6.54 Å². The number of aliphatic hydroxyl groups excluding tert-OH is 1. The van der Waals surface area contributed by atoms with Crippen LogP contribution in [0.4, 0.5) is 0 Å². The van der Waals surface area contributed by atoms with E-state index in [0.29, 0.717) is 18.1 Å². The summed E-state index contributed by atoms with van der Waals surface area (Å²) in [5.74, 6) is 1.03. The lowest BCUT2D eigenvalue weighted by Gasteiger charge is -2.14. The zero-order valence-electron chi connectivity index (χ0n) is 10.4. The Morgan fingerprint density at radius 3 is 2.76 bits per heavy atom. The first-order valence-corrected chi connectivity index (χ1v) is 5.73. The Morgan fingerprint density at radius 2 is 2.24 bits per heavy atom. The molecule has 0 aliphatic rings. The van der Waals surface area contributed by atoms with Gasteiger partial charge in [0.05, 0.1) is 6.10 Å². The van der Waals surface area contributed by atoms with Crippen LogP contribution >= 0.6 is 0 Å². The molecule has 17 heavy (non-hydrogen) atoms. The molecule has 0 aromatic carbocycles. The molecule has 6 heteroatoms. The maximum Gasteiger partial charge on any atom is 0.227 e. The summed E-state index contributed by atoms with van der Waals surface area (Å²) in [5.41, 5.74) is 0. The van der Waals surface area contributed by atoms with Gasteiger partial charge in [0.2, 0.25) is 11.8 Å². The van der Waals surface area contributed by atoms with Crippen LogP contribution < -0.4 is 5.32 Å². The number of carbonyl (C=O) groups is 1. The summed E-state index contributed by atoms with van der Waals surface area (Å²) in [4.78, 5) is 15.4. The third-order valence-electron chi connectivity index (χ3n) is 2.41. The van der Waals surface area contributed by atoms with Gasteiger partial charge in [0.25, 0.3) is 0 Å². The van der Waals surface area contributed by atoms with Gasteiger partial charge in [-0.3, -0.25) is 4.79 Å². The first-order valence-electron chi connectivity index (χ1n) is 5.73. The van der Waals surface area contributed by atoms with Crippen LogP contribution in [0.3, 0.4) is 0 Å². The van der Waals surface area contributed by atoms with Crippen LogP contribution in [-0.4, -0.2) is 33.8 Å². The molecule has 96 valence electrons. The second-order valence-corrected chi connectivity index (χ2v) is 4.35. The fourth-order valence-corrected chi connectivity index (χ4v) is 1.20. The van der Waals surface area contributed by atoms with Crippen LogP contribution in [0.25, 0.3) is 0 Å². The third kappa shape index (κ3) is 4.95. The number of hydrogen-bond donors (Lipinski definition) is 2. The number of nitrogens with zero attached hydrogens (tertiary/aromatic N) is 2. The lowest BCUT2D eigenvalue weighted by atomic mass is 10.1. The van der Waals surface area contributed by atoms with Crippen molar-refractivity contribution in [3.05, 3.63) is 11.7 Å². The van der Waals surface area contributed by atoms with E-state index in [4.69, 9.17) is 4.52 Å². The molecule has 1 atom stereocenters. The van der Waals surface area contributed by atoms with Crippen molar-refractivity contribution in [3.8, 4) is 0 Å². The van der Waals surface area contributed by atoms with Crippen LogP contribution in [0.5, 0.6) is 0 Å². The van der Waals surface area contributed by atoms with Crippen molar-refractivity contribution in [3.63, 3.8) is 0 Å². The number of nitrogens with one attached hydrogen (secondary N) is 1. The van der Waals surface area contributed by atoms with E-state index in [0.717, 1.165) is 0 Å². The Labute approximate surface area is 100 Å². The maximum atomic E-state index is 11.4. The molecule has 0 spiro atoms. The molecule has 1 rings (SSSR count). The van der Waals surface area contributed by atoms with Crippen LogP contribution in [0, 0.1) is 12.8 Å². The molecule has 6 nitrogen and oxygen atoms in total. The molecule has 1 amide bonds. The quantitative estimate of drug-likeness (QED) is 0.754. The minimum Gasteiger partial charge on any atom is -0.391 e. The third-order valence-corrected chi connectivity index (χ3v) is 2.41. The van der Waals surface area contributed by atoms with Crippen molar-refractivity contribution in [2.45, 2.75) is 39.7 Å². The number of aliphatic hydroxyl groups is 1. The summed E-state index contributed by atoms with van der Waals surface area (Å²) in [7, 11) is 0. The maximum absolute atomic E-state index is 11.4. The lowest BCUT2D eigenvalue weighted by molar-refractivity contribution is -0.121. The number of aryl methyl sites for hydroxylation is 2. The summed E-state index contributed by atoms with van der Waals surface area (Å²) >= 11 is 0. The van der Waals surface area contributed by atoms with Crippen LogP contribution in [-0.2, 0) is 11.2 Å². The van der Waals surface area contributed by atoms with Gasteiger partial charge in [0, 0.05) is 19.4 Å². The number of rotatable bonds is 6. The summed E-state index contributed by atoms with van der Waals surface area (Å²) in [6, 6.07) is 0. The van der Waals surface area contributed by atoms with Crippen molar-refractivity contribution in [2.24, 2.45) is 5.92 Å². The summed E-state index contributed by atoms with van der Waals surface area (Å²) in [6.07, 6.45) is 0.196. The number of amides is 1. The van der Waals surface area contributed by atoms with E-state index in [9.17, 15) is 9.90 Å². The molecule has 1 unspecified atom stereocenters. The molecule has 0 bridgehead atoms. The van der Waals surface area contributed by atoms with Gasteiger partial charge in [-0.25, -0.2) is 0 Å². The molecule has 2 N–H and O–H groups in total. The van der Waals surface area contributed by atoms with Gasteiger partial charge in [-0.2, -0.15) is 4.98 Å². The van der Waals surface area contributed by atoms with Gasteiger partial charge >= 0.3 is 0 Å². The smallest absolute Gasteiger partial charge is 0.227 e. The van der Waals surface area contributed by atoms with E-state index < -0.39 is 6.10 Å². The minimum absolute atomic E-state index is 0.124. The van der Waals surface area contributed by atoms with Crippen LogP contribution in [0.2, 0.25) is 0 Å². The molecule has 1 heterocycles. The summed E-state index contributed by atoms with van der Waals surface area (Å²) in [5, 5.41) is 15.8. The number of hydrogen-bond acceptors (Lipinski definition) is 5.